The number of hydrogen-bond donors (Lipinski definition) is 1. The van der Waals surface area contributed by atoms with Crippen molar-refractivity contribution in [2.45, 2.75) is 45.8 Å². The average Bonchev–Trinajstić information content (AvgIpc) is 2.92. The molecule has 0 saturated carbocycles. The lowest BCUT2D eigenvalue weighted by Gasteiger charge is -2.37. The molecule has 1 aliphatic rings. The molecule has 0 unspecified atom stereocenters. The van der Waals surface area contributed by atoms with E-state index in [1.165, 1.54) is 7.05 Å². The van der Waals surface area contributed by atoms with E-state index in [9.17, 15) is 9.18 Å². The summed E-state index contributed by atoms with van der Waals surface area (Å²) in [7, 11) is 1.25. The van der Waals surface area contributed by atoms with Gasteiger partial charge in [-0.2, -0.15) is 0 Å². The fourth-order valence-electron chi connectivity index (χ4n) is 2.78. The number of urea groups is 1. The van der Waals surface area contributed by atoms with Gasteiger partial charge >= 0.3 is 6.03 Å². The number of amides is 2. The number of benzene rings is 2. The summed E-state index contributed by atoms with van der Waals surface area (Å²) >= 11 is 0. The Balaban J connectivity index is 2.02. The summed E-state index contributed by atoms with van der Waals surface area (Å²) in [6.07, 6.45) is -0.800. The maximum atomic E-state index is 14.2. The second kappa shape index (κ2) is 11.1. The average molecular weight is 440 g/mol. The Kier molecular flexibility index (Phi) is 4.26. The first-order chi connectivity index (χ1) is 19.7. The van der Waals surface area contributed by atoms with Crippen LogP contribution in [-0.4, -0.2) is 48.5 Å². The fraction of sp³-hybridized carbons (Fsp3) is 0.480. The highest BCUT2D eigenvalue weighted by Gasteiger charge is 2.27. The second-order valence-corrected chi connectivity index (χ2v) is 7.53. The van der Waals surface area contributed by atoms with Crippen molar-refractivity contribution in [1.82, 2.24) is 15.1 Å². The van der Waals surface area contributed by atoms with E-state index < -0.39 is 105 Å². The molecule has 0 radical (unpaired) electrons. The van der Waals surface area contributed by atoms with Crippen molar-refractivity contribution < 1.29 is 30.4 Å². The Labute approximate surface area is 202 Å². The molecule has 1 saturated heterocycles. The van der Waals surface area contributed by atoms with Crippen LogP contribution in [0.25, 0.3) is 0 Å². The molecule has 0 atom stereocenters. The first-order valence-corrected chi connectivity index (χ1v) is 9.98. The number of carbonyl (C=O) groups is 1. The number of nitrogens with one attached hydrogen (secondary N) is 1. The van der Waals surface area contributed by atoms with Crippen molar-refractivity contribution in [2.75, 3.05) is 26.6 Å². The third-order valence-electron chi connectivity index (χ3n) is 4.44. The number of piperidine rings is 1. The highest BCUT2D eigenvalue weighted by molar-refractivity contribution is 5.74. The Hall–Kier alpha value is -2.60. The molecule has 1 N–H and O–H groups in total. The number of nitrogens with zero attached hydrogens (tertiary/aromatic N) is 2. The number of ether oxygens (including phenoxy) is 1. The van der Waals surface area contributed by atoms with E-state index in [1.54, 1.807) is 0 Å². The van der Waals surface area contributed by atoms with Crippen LogP contribution < -0.4 is 10.1 Å². The molecule has 6 heteroatoms. The molecule has 1 heterocycles. The van der Waals surface area contributed by atoms with Gasteiger partial charge in [-0.1, -0.05) is 38.0 Å². The van der Waals surface area contributed by atoms with E-state index in [0.29, 0.717) is 0 Å². The molecule has 0 aromatic heterocycles. The number of carbonyl (C=O) groups excluding carboxylic acids is 1. The Morgan fingerprint density at radius 2 is 1.81 bits per heavy atom. The highest BCUT2D eigenvalue weighted by atomic mass is 19.1. The predicted molar refractivity (Wildman–Crippen MR) is 121 cm³/mol. The van der Waals surface area contributed by atoms with Crippen molar-refractivity contribution in [3.8, 4) is 5.75 Å². The summed E-state index contributed by atoms with van der Waals surface area (Å²) in [6, 6.07) is -7.43. The normalized spacial score (nSPS) is 23.9. The molecule has 31 heavy (non-hydrogen) atoms. The maximum Gasteiger partial charge on any atom is 0.318 e. The zero-order chi connectivity index (χ0) is 32.8. The van der Waals surface area contributed by atoms with E-state index in [2.05, 4.69) is 5.32 Å². The molecule has 1 aliphatic heterocycles. The lowest BCUT2D eigenvalue weighted by molar-refractivity contribution is 0.127. The smallest absolute Gasteiger partial charge is 0.318 e. The van der Waals surface area contributed by atoms with Crippen molar-refractivity contribution in [2.24, 2.45) is 5.92 Å². The van der Waals surface area contributed by atoms with Gasteiger partial charge in [0.15, 0.2) is 0 Å². The lowest BCUT2D eigenvalue weighted by atomic mass is 10.0. The van der Waals surface area contributed by atoms with E-state index in [4.69, 9.17) is 21.2 Å². The van der Waals surface area contributed by atoms with Crippen LogP contribution >= 0.6 is 0 Å². The predicted octanol–water partition coefficient (Wildman–Crippen LogP) is 4.67. The molecule has 0 spiro atoms. The topological polar surface area (TPSA) is 44.8 Å². The molecule has 2 aromatic carbocycles. The van der Waals surface area contributed by atoms with Crippen molar-refractivity contribution >= 4 is 6.03 Å². The molecule has 0 bridgehead atoms. The molecule has 1 fully saturated rings. The summed E-state index contributed by atoms with van der Waals surface area (Å²) in [5, 5.41) is 2.46. The Morgan fingerprint density at radius 3 is 2.42 bits per heavy atom. The summed E-state index contributed by atoms with van der Waals surface area (Å²) in [5.41, 5.74) is -0.553. The van der Waals surface area contributed by atoms with Crippen LogP contribution in [0.15, 0.2) is 48.3 Å². The molecule has 5 nitrogen and oxygen atoms in total. The third kappa shape index (κ3) is 7.24. The zero-order valence-electron chi connectivity index (χ0n) is 29.8. The highest BCUT2D eigenvalue weighted by Crippen LogP contribution is 2.19. The Morgan fingerprint density at radius 1 is 1.19 bits per heavy atom. The van der Waals surface area contributed by atoms with Gasteiger partial charge in [0.2, 0.25) is 0 Å². The van der Waals surface area contributed by atoms with Crippen molar-refractivity contribution in [3.63, 3.8) is 0 Å². The van der Waals surface area contributed by atoms with Gasteiger partial charge in [0.25, 0.3) is 0 Å². The van der Waals surface area contributed by atoms with Gasteiger partial charge in [0.05, 0.1) is 17.6 Å². The second-order valence-electron chi connectivity index (χ2n) is 7.53. The monoisotopic (exact) mass is 439 g/mol. The van der Waals surface area contributed by atoms with Crippen LogP contribution in [0.3, 0.4) is 0 Å². The Bertz CT molecular complexity index is 1330. The molecule has 2 amide bonds. The van der Waals surface area contributed by atoms with Crippen molar-refractivity contribution in [3.05, 3.63) is 65.3 Å². The van der Waals surface area contributed by atoms with Gasteiger partial charge in [0, 0.05) is 24.6 Å². The number of halogens is 1. The lowest BCUT2D eigenvalue weighted by Crippen LogP contribution is -2.49. The van der Waals surface area contributed by atoms with Crippen molar-refractivity contribution in [1.29, 1.82) is 0 Å². The van der Waals surface area contributed by atoms with E-state index >= 15 is 0 Å². The molecule has 3 rings (SSSR count). The quantitative estimate of drug-likeness (QED) is 0.650. The summed E-state index contributed by atoms with van der Waals surface area (Å²) in [5.74, 6) is -1.57. The first kappa shape index (κ1) is 11.9. The third-order valence-corrected chi connectivity index (χ3v) is 4.44. The van der Waals surface area contributed by atoms with Gasteiger partial charge < -0.3 is 19.9 Å². The number of rotatable bonds is 8. The number of likely N-dealkylation sites (tertiary alicyclic amines) is 1. The van der Waals surface area contributed by atoms with E-state index in [1.807, 2.05) is 13.8 Å². The maximum absolute atomic E-state index is 14.2. The molecule has 168 valence electrons. The fourth-order valence-corrected chi connectivity index (χ4v) is 2.78. The van der Waals surface area contributed by atoms with E-state index in [0.717, 1.165) is 9.80 Å². The first-order valence-electron chi connectivity index (χ1n) is 16.0. The van der Waals surface area contributed by atoms with Crippen LogP contribution in [0, 0.1) is 11.7 Å². The largest absolute Gasteiger partial charge is 0.493 e. The van der Waals surface area contributed by atoms with Crippen LogP contribution in [0.5, 0.6) is 5.75 Å². The van der Waals surface area contributed by atoms with Gasteiger partial charge in [0.1, 0.15) is 11.6 Å². The number of hydrogen-bond acceptors (Lipinski definition) is 3. The molecule has 0 aliphatic carbocycles. The molecular formula is C25H34FN3O2. The molecular weight excluding hydrogens is 393 g/mol. The molecule has 2 aromatic rings. The standard InChI is InChI=1S/C25H34FN3O2/c1-19(2)18-31-24-10-6-20(7-11-24)16-27-25(30)29(23-12-14-28(3)15-13-23)17-21-4-8-22(26)9-5-21/h4-11,19,23H,12-18H2,1-3H3,(H,27,30)/i4D,5D,6D,7D,8D,9D,10D,11D,14D2,15D2. The van der Waals surface area contributed by atoms with Crippen LogP contribution in [0.1, 0.15) is 54.3 Å². The SMILES string of the molecule is [2H]c1c([2H])c(CN(C(=O)NCc2c([2H])c([2H])c(OCC(C)C)c([2H])c2[2H])C2CC([2H])([2H])N(C)C([2H])([2H])C2)c([2H])c([2H])c1F. The minimum atomic E-state index is -2.24. The minimum Gasteiger partial charge on any atom is -0.493 e. The van der Waals surface area contributed by atoms with E-state index in [-0.39, 0.29) is 29.4 Å². The van der Waals surface area contributed by atoms with Gasteiger partial charge in [-0.05, 0) is 74.1 Å². The minimum absolute atomic E-state index is 0.0517. The van der Waals surface area contributed by atoms with Gasteiger partial charge in [-0.25, -0.2) is 9.18 Å². The summed E-state index contributed by atoms with van der Waals surface area (Å²) < 4.78 is 118. The summed E-state index contributed by atoms with van der Waals surface area (Å²) in [4.78, 5) is 15.5. The van der Waals surface area contributed by atoms with Crippen LogP contribution in [0.2, 0.25) is 0 Å². The van der Waals surface area contributed by atoms with Crippen LogP contribution in [-0.2, 0) is 13.1 Å². The zero-order valence-corrected chi connectivity index (χ0v) is 17.8. The van der Waals surface area contributed by atoms with Gasteiger partial charge in [-0.15, -0.1) is 0 Å². The van der Waals surface area contributed by atoms with Crippen LogP contribution in [0.4, 0.5) is 9.18 Å². The summed E-state index contributed by atoms with van der Waals surface area (Å²) in [6.45, 7) is -1.82. The van der Waals surface area contributed by atoms with Gasteiger partial charge in [-0.3, -0.25) is 0 Å².